The number of benzene rings is 1. The van der Waals surface area contributed by atoms with Crippen LogP contribution in [0.1, 0.15) is 39.4 Å². The molecule has 0 saturated carbocycles. The molecule has 0 bridgehead atoms. The van der Waals surface area contributed by atoms with E-state index in [0.29, 0.717) is 30.2 Å². The second kappa shape index (κ2) is 11.3. The lowest BCUT2D eigenvalue weighted by Crippen LogP contribution is -2.50. The fourth-order valence-electron chi connectivity index (χ4n) is 3.33. The van der Waals surface area contributed by atoms with Gasteiger partial charge in [-0.15, -0.1) is 10.2 Å². The lowest BCUT2D eigenvalue weighted by atomic mass is 10.1. The number of hydrogen-bond acceptors (Lipinski definition) is 6. The van der Waals surface area contributed by atoms with Crippen LogP contribution in [0.2, 0.25) is 0 Å². The summed E-state index contributed by atoms with van der Waals surface area (Å²) >= 11 is 0. The molecule has 0 unspecified atom stereocenters. The largest absolute Gasteiger partial charge is 0.467 e. The molecule has 0 radical (unpaired) electrons. The minimum absolute atomic E-state index is 0.140. The van der Waals surface area contributed by atoms with Crippen LogP contribution in [0.4, 0.5) is 4.39 Å². The summed E-state index contributed by atoms with van der Waals surface area (Å²) in [5.74, 6) is 0.373. The third-order valence-electron chi connectivity index (χ3n) is 5.15. The van der Waals surface area contributed by atoms with Gasteiger partial charge in [-0.05, 0) is 60.4 Å². The molecule has 3 rings (SSSR count). The van der Waals surface area contributed by atoms with Gasteiger partial charge in [-0.25, -0.2) is 4.39 Å². The summed E-state index contributed by atoms with van der Waals surface area (Å²) in [6, 6.07) is 8.49. The summed E-state index contributed by atoms with van der Waals surface area (Å²) in [4.78, 5) is 28.8. The van der Waals surface area contributed by atoms with Crippen molar-refractivity contribution in [3.05, 3.63) is 54.2 Å². The summed E-state index contributed by atoms with van der Waals surface area (Å²) in [5, 5.41) is 15.1. The van der Waals surface area contributed by atoms with E-state index in [0.717, 1.165) is 6.42 Å². The molecular formula is C23H29FN6O3. The van der Waals surface area contributed by atoms with Crippen molar-refractivity contribution in [2.45, 2.75) is 52.7 Å². The van der Waals surface area contributed by atoms with Gasteiger partial charge >= 0.3 is 0 Å². The zero-order valence-electron chi connectivity index (χ0n) is 19.1. The van der Waals surface area contributed by atoms with Gasteiger partial charge in [0, 0.05) is 12.1 Å². The number of nitrogens with one attached hydrogen (secondary N) is 1. The Labute approximate surface area is 192 Å². The number of halogens is 1. The van der Waals surface area contributed by atoms with Crippen molar-refractivity contribution in [3.8, 4) is 11.4 Å². The Hall–Kier alpha value is -3.56. The summed E-state index contributed by atoms with van der Waals surface area (Å²) in [6.45, 7) is 6.51. The molecule has 1 aromatic carbocycles. The van der Waals surface area contributed by atoms with Gasteiger partial charge in [0.1, 0.15) is 24.2 Å². The lowest BCUT2D eigenvalue weighted by Gasteiger charge is -2.29. The van der Waals surface area contributed by atoms with E-state index in [9.17, 15) is 14.0 Å². The molecule has 0 aliphatic heterocycles. The molecule has 2 heterocycles. The van der Waals surface area contributed by atoms with Crippen molar-refractivity contribution >= 4 is 11.8 Å². The van der Waals surface area contributed by atoms with Gasteiger partial charge in [0.25, 0.3) is 0 Å². The van der Waals surface area contributed by atoms with Crippen LogP contribution in [0.15, 0.2) is 47.1 Å². The highest BCUT2D eigenvalue weighted by atomic mass is 19.1. The van der Waals surface area contributed by atoms with Gasteiger partial charge in [0.05, 0.1) is 12.8 Å². The van der Waals surface area contributed by atoms with E-state index in [1.54, 1.807) is 12.1 Å². The number of nitrogens with zero attached hydrogens (tertiary/aromatic N) is 5. The maximum Gasteiger partial charge on any atom is 0.247 e. The molecule has 176 valence electrons. The van der Waals surface area contributed by atoms with Crippen LogP contribution < -0.4 is 5.32 Å². The Morgan fingerprint density at radius 1 is 1.21 bits per heavy atom. The first-order valence-corrected chi connectivity index (χ1v) is 11.0. The molecule has 0 saturated heterocycles. The van der Waals surface area contributed by atoms with Gasteiger partial charge in [-0.2, -0.15) is 4.80 Å². The molecule has 1 N–H and O–H groups in total. The quantitative estimate of drug-likeness (QED) is 0.475. The van der Waals surface area contributed by atoms with Gasteiger partial charge in [0.2, 0.25) is 17.6 Å². The van der Waals surface area contributed by atoms with Crippen LogP contribution in [0.25, 0.3) is 11.4 Å². The molecule has 0 spiro atoms. The summed E-state index contributed by atoms with van der Waals surface area (Å²) in [6.07, 6.45) is 2.81. The number of furan rings is 1. The fraction of sp³-hybridized carbons (Fsp3) is 0.435. The van der Waals surface area contributed by atoms with E-state index in [2.05, 4.69) is 34.6 Å². The molecule has 3 aromatic rings. The highest BCUT2D eigenvalue weighted by molar-refractivity contribution is 5.87. The van der Waals surface area contributed by atoms with E-state index < -0.39 is 6.04 Å². The molecule has 0 fully saturated rings. The standard InChI is InChI=1S/C23H29FN6O3/c1-4-20(23(32)25-12-11-16(2)3)29(14-19-6-5-13-33-19)21(31)15-30-27-22(26-28-30)17-7-9-18(24)10-8-17/h5-10,13,16,20H,4,11-12,14-15H2,1-3H3,(H,25,32)/t20-/m1/s1. The van der Waals surface area contributed by atoms with E-state index >= 15 is 0 Å². The van der Waals surface area contributed by atoms with Gasteiger partial charge in [-0.1, -0.05) is 20.8 Å². The number of aromatic nitrogens is 4. The maximum atomic E-state index is 13.2. The highest BCUT2D eigenvalue weighted by Gasteiger charge is 2.29. The average molecular weight is 457 g/mol. The first-order chi connectivity index (χ1) is 15.9. The third-order valence-corrected chi connectivity index (χ3v) is 5.15. The van der Waals surface area contributed by atoms with E-state index in [1.165, 1.54) is 40.2 Å². The topological polar surface area (TPSA) is 106 Å². The summed E-state index contributed by atoms with van der Waals surface area (Å²) in [5.41, 5.74) is 0.582. The van der Waals surface area contributed by atoms with Crippen LogP contribution in [0.5, 0.6) is 0 Å². The van der Waals surface area contributed by atoms with Crippen molar-refractivity contribution in [1.29, 1.82) is 0 Å². The van der Waals surface area contributed by atoms with Gasteiger partial charge in [-0.3, -0.25) is 9.59 Å². The first kappa shape index (κ1) is 24.1. The minimum Gasteiger partial charge on any atom is -0.467 e. The van der Waals surface area contributed by atoms with Crippen molar-refractivity contribution in [2.75, 3.05) is 6.54 Å². The van der Waals surface area contributed by atoms with Crippen molar-refractivity contribution in [2.24, 2.45) is 5.92 Å². The number of amides is 2. The predicted molar refractivity (Wildman–Crippen MR) is 119 cm³/mol. The van der Waals surface area contributed by atoms with Crippen LogP contribution >= 0.6 is 0 Å². The molecule has 1 atom stereocenters. The molecule has 2 amide bonds. The van der Waals surface area contributed by atoms with Crippen molar-refractivity contribution < 1.29 is 18.4 Å². The number of rotatable bonds is 11. The normalized spacial score (nSPS) is 12.0. The van der Waals surface area contributed by atoms with E-state index in [-0.39, 0.29) is 36.5 Å². The minimum atomic E-state index is -0.671. The molecule has 0 aliphatic carbocycles. The van der Waals surface area contributed by atoms with Crippen molar-refractivity contribution in [1.82, 2.24) is 30.4 Å². The Morgan fingerprint density at radius 3 is 2.61 bits per heavy atom. The van der Waals surface area contributed by atoms with Crippen LogP contribution in [-0.4, -0.2) is 49.5 Å². The summed E-state index contributed by atoms with van der Waals surface area (Å²) < 4.78 is 18.6. The zero-order valence-corrected chi connectivity index (χ0v) is 19.1. The second-order valence-electron chi connectivity index (χ2n) is 8.15. The third kappa shape index (κ3) is 6.71. The molecular weight excluding hydrogens is 427 g/mol. The number of tetrazole rings is 1. The maximum absolute atomic E-state index is 13.2. The smallest absolute Gasteiger partial charge is 0.247 e. The Morgan fingerprint density at radius 2 is 1.97 bits per heavy atom. The first-order valence-electron chi connectivity index (χ1n) is 11.0. The fourth-order valence-corrected chi connectivity index (χ4v) is 3.33. The van der Waals surface area contributed by atoms with Crippen LogP contribution in [0, 0.1) is 11.7 Å². The summed E-state index contributed by atoms with van der Waals surface area (Å²) in [7, 11) is 0. The number of carbonyl (C=O) groups is 2. The Kier molecular flexibility index (Phi) is 8.28. The monoisotopic (exact) mass is 456 g/mol. The van der Waals surface area contributed by atoms with E-state index in [4.69, 9.17) is 4.42 Å². The molecule has 9 nitrogen and oxygen atoms in total. The van der Waals surface area contributed by atoms with Crippen LogP contribution in [0.3, 0.4) is 0 Å². The Balaban J connectivity index is 1.75. The SMILES string of the molecule is CC[C@H](C(=O)NCCC(C)C)N(Cc1ccco1)C(=O)Cn1nnc(-c2ccc(F)cc2)n1. The second-order valence-corrected chi connectivity index (χ2v) is 8.15. The van der Waals surface area contributed by atoms with Crippen LogP contribution in [-0.2, 0) is 22.7 Å². The predicted octanol–water partition coefficient (Wildman–Crippen LogP) is 3.04. The van der Waals surface area contributed by atoms with Gasteiger partial charge < -0.3 is 14.6 Å². The molecule has 10 heteroatoms. The highest BCUT2D eigenvalue weighted by Crippen LogP contribution is 2.16. The molecule has 0 aliphatic rings. The molecule has 2 aromatic heterocycles. The number of hydrogen-bond donors (Lipinski definition) is 1. The zero-order chi connectivity index (χ0) is 23.8. The van der Waals surface area contributed by atoms with Gasteiger partial charge in [0.15, 0.2) is 0 Å². The average Bonchev–Trinajstić information content (AvgIpc) is 3.46. The van der Waals surface area contributed by atoms with E-state index in [1.807, 2.05) is 6.92 Å². The lowest BCUT2D eigenvalue weighted by molar-refractivity contribution is -0.142. The van der Waals surface area contributed by atoms with Crippen molar-refractivity contribution in [3.63, 3.8) is 0 Å². The number of carbonyl (C=O) groups excluding carboxylic acids is 2. The Bertz CT molecular complexity index is 1030. The molecule has 33 heavy (non-hydrogen) atoms.